The highest BCUT2D eigenvalue weighted by Crippen LogP contribution is 2.24. The molecule has 0 saturated carbocycles. The number of rotatable bonds is 8. The Morgan fingerprint density at radius 3 is 2.71 bits per heavy atom. The Morgan fingerprint density at radius 2 is 1.89 bits per heavy atom. The molecule has 0 unspecified atom stereocenters. The van der Waals surface area contributed by atoms with Gasteiger partial charge in [-0.3, -0.25) is 14.6 Å². The van der Waals surface area contributed by atoms with Crippen molar-refractivity contribution in [1.29, 1.82) is 0 Å². The van der Waals surface area contributed by atoms with Gasteiger partial charge in [0.05, 0.1) is 11.7 Å². The van der Waals surface area contributed by atoms with E-state index in [0.29, 0.717) is 12.1 Å². The molecule has 0 spiro atoms. The van der Waals surface area contributed by atoms with Gasteiger partial charge in [0.1, 0.15) is 11.9 Å². The second kappa shape index (κ2) is 9.10. The third-order valence-electron chi connectivity index (χ3n) is 5.64. The van der Waals surface area contributed by atoms with Crippen LogP contribution in [0.5, 0.6) is 0 Å². The third-order valence-corrected chi connectivity index (χ3v) is 5.64. The van der Waals surface area contributed by atoms with Crippen LogP contribution in [0.4, 0.5) is 17.3 Å². The number of H-pyrrole nitrogens is 1. The molecular formula is C25H22N8O2. The summed E-state index contributed by atoms with van der Waals surface area (Å²) in [5, 5.41) is 8.05. The summed E-state index contributed by atoms with van der Waals surface area (Å²) < 4.78 is 0. The topological polar surface area (TPSA) is 165 Å². The molecule has 35 heavy (non-hydrogen) atoms. The minimum atomic E-state index is -0.762. The number of pyridine rings is 1. The number of amides is 2. The number of aromatic amines is 1. The van der Waals surface area contributed by atoms with Crippen molar-refractivity contribution in [3.8, 4) is 0 Å². The van der Waals surface area contributed by atoms with Crippen LogP contribution in [0.25, 0.3) is 21.8 Å². The zero-order valence-electron chi connectivity index (χ0n) is 18.5. The van der Waals surface area contributed by atoms with Crippen molar-refractivity contribution in [3.05, 3.63) is 84.4 Å². The fourth-order valence-corrected chi connectivity index (χ4v) is 3.94. The number of nitrogens with one attached hydrogen (secondary N) is 3. The molecule has 0 saturated heterocycles. The highest BCUT2D eigenvalue weighted by atomic mass is 16.1. The Bertz CT molecular complexity index is 1560. The molecule has 2 aromatic carbocycles. The molecule has 0 bridgehead atoms. The van der Waals surface area contributed by atoms with E-state index in [1.807, 2.05) is 60.8 Å². The summed E-state index contributed by atoms with van der Waals surface area (Å²) >= 11 is 0. The number of benzene rings is 2. The van der Waals surface area contributed by atoms with Gasteiger partial charge in [-0.1, -0.05) is 24.3 Å². The number of primary amides is 2. The summed E-state index contributed by atoms with van der Waals surface area (Å²) in [6, 6.07) is 16.3. The van der Waals surface area contributed by atoms with E-state index in [9.17, 15) is 9.59 Å². The Kier molecular flexibility index (Phi) is 5.68. The van der Waals surface area contributed by atoms with Crippen LogP contribution in [-0.4, -0.2) is 37.8 Å². The minimum absolute atomic E-state index is 0.0333. The zero-order valence-corrected chi connectivity index (χ0v) is 18.5. The maximum atomic E-state index is 12.2. The van der Waals surface area contributed by atoms with Crippen LogP contribution in [-0.2, 0) is 11.2 Å². The van der Waals surface area contributed by atoms with Crippen LogP contribution in [0.3, 0.4) is 0 Å². The van der Waals surface area contributed by atoms with Crippen LogP contribution in [0.1, 0.15) is 16.1 Å². The van der Waals surface area contributed by atoms with Gasteiger partial charge in [-0.15, -0.1) is 0 Å². The first-order valence-corrected chi connectivity index (χ1v) is 10.9. The summed E-state index contributed by atoms with van der Waals surface area (Å²) in [5.41, 5.74) is 14.6. The number of carbonyl (C=O) groups is 2. The van der Waals surface area contributed by atoms with Crippen LogP contribution >= 0.6 is 0 Å². The Labute approximate surface area is 199 Å². The van der Waals surface area contributed by atoms with Crippen molar-refractivity contribution in [2.24, 2.45) is 11.5 Å². The van der Waals surface area contributed by atoms with E-state index < -0.39 is 17.9 Å². The SMILES string of the molecule is NC(=O)c1ncc(N[C@H](Cc2c[nH]c3ccccc23)C(N)=O)nc1Nc1ccc2ncccc2c1. The standard InChI is InChI=1S/C25H22N8O2/c26-23(34)20(11-15-12-29-19-6-2-1-5-17(15)19)32-21-13-30-22(24(27)35)25(33-21)31-16-7-8-18-14(10-16)4-3-9-28-18/h1-10,12-13,20,29H,11H2,(H2,26,34)(H2,27,35)(H2,31,32,33)/t20-/m1/s1. The van der Waals surface area contributed by atoms with Crippen molar-refractivity contribution in [2.45, 2.75) is 12.5 Å². The lowest BCUT2D eigenvalue weighted by molar-refractivity contribution is -0.118. The summed E-state index contributed by atoms with van der Waals surface area (Å²) in [6.45, 7) is 0. The lowest BCUT2D eigenvalue weighted by atomic mass is 10.0. The molecule has 5 rings (SSSR count). The molecule has 5 aromatic rings. The highest BCUT2D eigenvalue weighted by Gasteiger charge is 2.20. The lowest BCUT2D eigenvalue weighted by Crippen LogP contribution is -2.37. The average Bonchev–Trinajstić information content (AvgIpc) is 3.26. The van der Waals surface area contributed by atoms with Crippen LogP contribution < -0.4 is 22.1 Å². The number of hydrogen-bond donors (Lipinski definition) is 5. The first-order valence-electron chi connectivity index (χ1n) is 10.9. The Morgan fingerprint density at radius 1 is 1.03 bits per heavy atom. The fourth-order valence-electron chi connectivity index (χ4n) is 3.94. The van der Waals surface area contributed by atoms with Gasteiger partial charge in [0.2, 0.25) is 5.91 Å². The maximum absolute atomic E-state index is 12.2. The van der Waals surface area contributed by atoms with Crippen molar-refractivity contribution in [3.63, 3.8) is 0 Å². The molecule has 0 aliphatic carbocycles. The average molecular weight is 467 g/mol. The van der Waals surface area contributed by atoms with Gasteiger partial charge < -0.3 is 27.1 Å². The van der Waals surface area contributed by atoms with E-state index in [-0.39, 0.29) is 17.3 Å². The zero-order chi connectivity index (χ0) is 24.4. The molecule has 3 heterocycles. The molecule has 7 N–H and O–H groups in total. The molecule has 0 aliphatic heterocycles. The van der Waals surface area contributed by atoms with Crippen LogP contribution in [0.15, 0.2) is 73.2 Å². The molecule has 3 aromatic heterocycles. The first kappa shape index (κ1) is 21.8. The van der Waals surface area contributed by atoms with Gasteiger partial charge in [-0.25, -0.2) is 9.97 Å². The van der Waals surface area contributed by atoms with E-state index >= 15 is 0 Å². The summed E-state index contributed by atoms with van der Waals surface area (Å²) in [4.78, 5) is 40.3. The third kappa shape index (κ3) is 4.58. The Hall–Kier alpha value is -4.99. The van der Waals surface area contributed by atoms with Crippen molar-refractivity contribution in [2.75, 3.05) is 10.6 Å². The monoisotopic (exact) mass is 466 g/mol. The van der Waals surface area contributed by atoms with Crippen LogP contribution in [0, 0.1) is 0 Å². The number of fused-ring (bicyclic) bond motifs is 2. The molecule has 1 atom stereocenters. The van der Waals surface area contributed by atoms with Gasteiger partial charge >= 0.3 is 0 Å². The number of nitrogens with two attached hydrogens (primary N) is 2. The van der Waals surface area contributed by atoms with Crippen LogP contribution in [0.2, 0.25) is 0 Å². The fraction of sp³-hybridized carbons (Fsp3) is 0.0800. The maximum Gasteiger partial charge on any atom is 0.271 e. The van der Waals surface area contributed by atoms with Crippen molar-refractivity contribution in [1.82, 2.24) is 19.9 Å². The van der Waals surface area contributed by atoms with Gasteiger partial charge in [0, 0.05) is 40.8 Å². The van der Waals surface area contributed by atoms with Gasteiger partial charge in [0.25, 0.3) is 5.91 Å². The molecule has 174 valence electrons. The molecule has 0 radical (unpaired) electrons. The second-order valence-corrected chi connectivity index (χ2v) is 8.02. The van der Waals surface area contributed by atoms with E-state index in [2.05, 4.69) is 30.6 Å². The predicted molar refractivity (Wildman–Crippen MR) is 134 cm³/mol. The van der Waals surface area contributed by atoms with E-state index in [1.165, 1.54) is 6.20 Å². The predicted octanol–water partition coefficient (Wildman–Crippen LogP) is 2.86. The normalized spacial score (nSPS) is 11.9. The summed E-state index contributed by atoms with van der Waals surface area (Å²) in [6.07, 6.45) is 5.25. The van der Waals surface area contributed by atoms with E-state index in [0.717, 1.165) is 27.4 Å². The molecule has 0 fully saturated rings. The summed E-state index contributed by atoms with van der Waals surface area (Å²) in [5.74, 6) is -0.864. The van der Waals surface area contributed by atoms with Gasteiger partial charge in [0.15, 0.2) is 11.5 Å². The largest absolute Gasteiger partial charge is 0.368 e. The van der Waals surface area contributed by atoms with E-state index in [1.54, 1.807) is 6.20 Å². The second-order valence-electron chi connectivity index (χ2n) is 8.02. The Balaban J connectivity index is 1.43. The number of nitrogens with zero attached hydrogens (tertiary/aromatic N) is 3. The van der Waals surface area contributed by atoms with Gasteiger partial charge in [-0.2, -0.15) is 0 Å². The smallest absolute Gasteiger partial charge is 0.271 e. The minimum Gasteiger partial charge on any atom is -0.368 e. The number of aromatic nitrogens is 4. The van der Waals surface area contributed by atoms with E-state index in [4.69, 9.17) is 11.5 Å². The molecule has 10 nitrogen and oxygen atoms in total. The lowest BCUT2D eigenvalue weighted by Gasteiger charge is -2.17. The number of hydrogen-bond acceptors (Lipinski definition) is 7. The quantitative estimate of drug-likeness (QED) is 0.234. The number of carbonyl (C=O) groups excluding carboxylic acids is 2. The number of para-hydroxylation sites is 1. The highest BCUT2D eigenvalue weighted by molar-refractivity contribution is 5.97. The van der Waals surface area contributed by atoms with Gasteiger partial charge in [-0.05, 0) is 35.9 Å². The molecular weight excluding hydrogens is 444 g/mol. The van der Waals surface area contributed by atoms with Crippen molar-refractivity contribution >= 4 is 50.9 Å². The molecule has 2 amide bonds. The molecule has 10 heteroatoms. The number of anilines is 3. The first-order chi connectivity index (χ1) is 17.0. The molecule has 0 aliphatic rings. The van der Waals surface area contributed by atoms with Crippen molar-refractivity contribution < 1.29 is 9.59 Å². The summed E-state index contributed by atoms with van der Waals surface area (Å²) in [7, 11) is 0.